The van der Waals surface area contributed by atoms with Crippen molar-refractivity contribution in [3.63, 3.8) is 0 Å². The van der Waals surface area contributed by atoms with E-state index >= 15 is 0 Å². The number of hydrogen-bond acceptors (Lipinski definition) is 5. The molecule has 2 heterocycles. The van der Waals surface area contributed by atoms with Crippen LogP contribution in [0.15, 0.2) is 24.5 Å². The number of benzene rings is 1. The van der Waals surface area contributed by atoms with Crippen LogP contribution < -0.4 is 15.4 Å². The number of methoxy groups -OCH3 is 1. The fourth-order valence-electron chi connectivity index (χ4n) is 3.85. The molecular weight excluding hydrogens is 384 g/mol. The highest BCUT2D eigenvalue weighted by molar-refractivity contribution is 5.92. The van der Waals surface area contributed by atoms with Crippen LogP contribution in [0.1, 0.15) is 51.6 Å². The number of anilines is 1. The van der Waals surface area contributed by atoms with Crippen molar-refractivity contribution in [1.82, 2.24) is 9.78 Å². The summed E-state index contributed by atoms with van der Waals surface area (Å²) in [7, 11) is 1.37. The molecule has 2 amide bonds. The van der Waals surface area contributed by atoms with E-state index in [-0.39, 0.29) is 6.04 Å². The van der Waals surface area contributed by atoms with Crippen LogP contribution in [0.25, 0.3) is 11.1 Å². The van der Waals surface area contributed by atoms with Crippen molar-refractivity contribution in [2.45, 2.75) is 64.1 Å². The lowest BCUT2D eigenvalue weighted by molar-refractivity contribution is -0.130. The number of carbonyl (C=O) groups excluding carboxylic acids is 2. The summed E-state index contributed by atoms with van der Waals surface area (Å²) < 4.78 is 13.2. The van der Waals surface area contributed by atoms with Crippen molar-refractivity contribution in [2.75, 3.05) is 12.0 Å². The maximum absolute atomic E-state index is 12.5. The topological polar surface area (TPSA) is 99.7 Å². The number of hydrogen-bond donors (Lipinski definition) is 1. The maximum atomic E-state index is 12.5. The molecule has 4 rings (SSSR count). The summed E-state index contributed by atoms with van der Waals surface area (Å²) in [4.78, 5) is 26.1. The molecule has 0 saturated heterocycles. The molecule has 0 spiro atoms. The Morgan fingerprint density at radius 2 is 1.97 bits per heavy atom. The highest BCUT2D eigenvalue weighted by Gasteiger charge is 2.35. The number of carbonyl (C=O) groups is 2. The van der Waals surface area contributed by atoms with E-state index in [9.17, 15) is 9.59 Å². The molecule has 0 radical (unpaired) electrons. The van der Waals surface area contributed by atoms with Gasteiger partial charge in [-0.2, -0.15) is 5.10 Å². The summed E-state index contributed by atoms with van der Waals surface area (Å²) in [6.45, 7) is 5.28. The SMILES string of the molecule is COC(=O)N1c2ccc(-c3cnn(C4CC4)c3)c(OC(C)(C)C(N)=O)c2CCC1C. The van der Waals surface area contributed by atoms with Gasteiger partial charge in [0.25, 0.3) is 5.91 Å². The smallest absolute Gasteiger partial charge is 0.414 e. The third-order valence-corrected chi connectivity index (χ3v) is 5.90. The molecule has 1 fully saturated rings. The van der Waals surface area contributed by atoms with Gasteiger partial charge < -0.3 is 15.2 Å². The number of nitrogens with two attached hydrogens (primary N) is 1. The average Bonchev–Trinajstić information content (AvgIpc) is 3.44. The molecule has 1 aromatic carbocycles. The Morgan fingerprint density at radius 1 is 1.23 bits per heavy atom. The Bertz CT molecular complexity index is 993. The molecule has 2 aromatic rings. The number of rotatable bonds is 5. The highest BCUT2D eigenvalue weighted by atomic mass is 16.5. The Morgan fingerprint density at radius 3 is 2.60 bits per heavy atom. The van der Waals surface area contributed by atoms with Gasteiger partial charge in [-0.3, -0.25) is 14.4 Å². The van der Waals surface area contributed by atoms with Crippen molar-refractivity contribution < 1.29 is 19.1 Å². The Labute approximate surface area is 175 Å². The molecule has 1 aliphatic carbocycles. The molecule has 1 atom stereocenters. The summed E-state index contributed by atoms with van der Waals surface area (Å²) in [5, 5.41) is 4.49. The molecule has 30 heavy (non-hydrogen) atoms. The van der Waals surface area contributed by atoms with E-state index in [1.54, 1.807) is 18.7 Å². The number of ether oxygens (including phenoxy) is 2. The van der Waals surface area contributed by atoms with Crippen LogP contribution in [0, 0.1) is 0 Å². The second kappa shape index (κ2) is 7.34. The first kappa shape index (κ1) is 20.3. The Balaban J connectivity index is 1.86. The van der Waals surface area contributed by atoms with Crippen LogP contribution >= 0.6 is 0 Å². The maximum Gasteiger partial charge on any atom is 0.414 e. The molecule has 2 aliphatic rings. The van der Waals surface area contributed by atoms with Crippen molar-refractivity contribution in [2.24, 2.45) is 5.73 Å². The predicted octanol–water partition coefficient (Wildman–Crippen LogP) is 3.44. The molecular formula is C22H28N4O4. The van der Waals surface area contributed by atoms with Crippen LogP contribution in [-0.4, -0.2) is 40.5 Å². The predicted molar refractivity (Wildman–Crippen MR) is 113 cm³/mol. The minimum atomic E-state index is -1.21. The van der Waals surface area contributed by atoms with E-state index in [0.29, 0.717) is 18.2 Å². The summed E-state index contributed by atoms with van der Waals surface area (Å²) in [6, 6.07) is 4.27. The second-order valence-corrected chi connectivity index (χ2v) is 8.58. The van der Waals surface area contributed by atoms with E-state index in [1.807, 2.05) is 36.1 Å². The van der Waals surface area contributed by atoms with Crippen LogP contribution in [-0.2, 0) is 16.0 Å². The van der Waals surface area contributed by atoms with Crippen molar-refractivity contribution in [1.29, 1.82) is 0 Å². The summed E-state index contributed by atoms with van der Waals surface area (Å²) in [6.07, 6.45) is 7.13. The highest BCUT2D eigenvalue weighted by Crippen LogP contribution is 2.45. The van der Waals surface area contributed by atoms with Gasteiger partial charge in [-0.25, -0.2) is 4.79 Å². The van der Waals surface area contributed by atoms with Gasteiger partial charge in [0.05, 0.1) is 25.0 Å². The number of nitrogens with zero attached hydrogens (tertiary/aromatic N) is 3. The molecule has 2 N–H and O–H groups in total. The number of amides is 2. The average molecular weight is 412 g/mol. The minimum absolute atomic E-state index is 0.00887. The van der Waals surface area contributed by atoms with E-state index in [0.717, 1.165) is 41.6 Å². The zero-order valence-electron chi connectivity index (χ0n) is 17.8. The molecule has 1 saturated carbocycles. The number of fused-ring (bicyclic) bond motifs is 1. The molecule has 160 valence electrons. The van der Waals surface area contributed by atoms with E-state index < -0.39 is 17.6 Å². The van der Waals surface area contributed by atoms with Crippen molar-refractivity contribution >= 4 is 17.7 Å². The summed E-state index contributed by atoms with van der Waals surface area (Å²) in [5.74, 6) is 0.00109. The van der Waals surface area contributed by atoms with Gasteiger partial charge >= 0.3 is 6.09 Å². The van der Waals surface area contributed by atoms with Gasteiger partial charge in [-0.1, -0.05) is 0 Å². The quantitative estimate of drug-likeness (QED) is 0.811. The van der Waals surface area contributed by atoms with Crippen LogP contribution in [0.4, 0.5) is 10.5 Å². The van der Waals surface area contributed by atoms with E-state index in [1.165, 1.54) is 7.11 Å². The minimum Gasteiger partial charge on any atom is -0.477 e. The fraction of sp³-hybridized carbons (Fsp3) is 0.500. The van der Waals surface area contributed by atoms with E-state index in [2.05, 4.69) is 5.10 Å². The monoisotopic (exact) mass is 412 g/mol. The van der Waals surface area contributed by atoms with Crippen molar-refractivity contribution in [3.05, 3.63) is 30.1 Å². The molecule has 8 nitrogen and oxygen atoms in total. The summed E-state index contributed by atoms with van der Waals surface area (Å²) in [5.41, 5.74) is 7.71. The van der Waals surface area contributed by atoms with Gasteiger partial charge in [-0.15, -0.1) is 0 Å². The fourth-order valence-corrected chi connectivity index (χ4v) is 3.85. The van der Waals surface area contributed by atoms with Gasteiger partial charge in [0.15, 0.2) is 5.60 Å². The zero-order chi connectivity index (χ0) is 21.6. The lowest BCUT2D eigenvalue weighted by Gasteiger charge is -2.36. The Kier molecular flexibility index (Phi) is 4.95. The molecule has 8 heteroatoms. The van der Waals surface area contributed by atoms with Gasteiger partial charge in [-0.05, 0) is 58.6 Å². The van der Waals surface area contributed by atoms with Gasteiger partial charge in [0.1, 0.15) is 5.75 Å². The number of primary amides is 1. The molecule has 1 aromatic heterocycles. The lowest BCUT2D eigenvalue weighted by Crippen LogP contribution is -2.45. The lowest BCUT2D eigenvalue weighted by atomic mass is 9.92. The second-order valence-electron chi connectivity index (χ2n) is 8.58. The standard InChI is InChI=1S/C22H28N4O4/c1-13-5-8-17-18(26(13)21(28)29-4)10-9-16(19(17)30-22(2,3)20(23)27)14-11-24-25(12-14)15-6-7-15/h9-13,15H,5-8H2,1-4H3,(H2,23,27). The Hall–Kier alpha value is -3.03. The van der Waals surface area contributed by atoms with Crippen LogP contribution in [0.5, 0.6) is 5.75 Å². The first-order valence-electron chi connectivity index (χ1n) is 10.3. The van der Waals surface area contributed by atoms with Crippen LogP contribution in [0.2, 0.25) is 0 Å². The number of aromatic nitrogens is 2. The normalized spacial score (nSPS) is 18.7. The van der Waals surface area contributed by atoms with Crippen LogP contribution in [0.3, 0.4) is 0 Å². The van der Waals surface area contributed by atoms with Gasteiger partial charge in [0.2, 0.25) is 0 Å². The van der Waals surface area contributed by atoms with E-state index in [4.69, 9.17) is 15.2 Å². The molecule has 1 unspecified atom stereocenters. The third-order valence-electron chi connectivity index (χ3n) is 5.90. The van der Waals surface area contributed by atoms with Crippen molar-refractivity contribution in [3.8, 4) is 16.9 Å². The first-order chi connectivity index (χ1) is 14.2. The largest absolute Gasteiger partial charge is 0.477 e. The third kappa shape index (κ3) is 3.51. The molecule has 0 bridgehead atoms. The van der Waals surface area contributed by atoms with Gasteiger partial charge in [0, 0.05) is 28.9 Å². The first-order valence-corrected chi connectivity index (χ1v) is 10.3. The zero-order valence-corrected chi connectivity index (χ0v) is 17.8. The molecule has 1 aliphatic heterocycles. The summed E-state index contributed by atoms with van der Waals surface area (Å²) >= 11 is 0.